The summed E-state index contributed by atoms with van der Waals surface area (Å²) in [7, 11) is 1.62. The zero-order chi connectivity index (χ0) is 20.1. The van der Waals surface area contributed by atoms with Crippen molar-refractivity contribution in [2.45, 2.75) is 26.2 Å². The van der Waals surface area contributed by atoms with Gasteiger partial charge >= 0.3 is 0 Å². The van der Waals surface area contributed by atoms with Gasteiger partial charge in [-0.3, -0.25) is 9.89 Å². The van der Waals surface area contributed by atoms with Gasteiger partial charge in [-0.2, -0.15) is 10.2 Å². The standard InChI is InChI=1S/C22H24N4O2/c1-22(2,3)17-9-5-15(6-10-17)14-23-26-21(27)20-13-19(24-25-20)16-7-11-18(28-4)12-8-16/h5-14H,1-4H3,(H,24,25)(H,26,27). The fourth-order valence-corrected chi connectivity index (χ4v) is 2.64. The predicted molar refractivity (Wildman–Crippen MR) is 111 cm³/mol. The highest BCUT2D eigenvalue weighted by Crippen LogP contribution is 2.22. The van der Waals surface area contributed by atoms with Gasteiger partial charge in [0, 0.05) is 5.56 Å². The number of nitrogens with one attached hydrogen (secondary N) is 2. The van der Waals surface area contributed by atoms with Crippen LogP contribution in [-0.4, -0.2) is 29.4 Å². The Labute approximate surface area is 164 Å². The third-order valence-corrected chi connectivity index (χ3v) is 4.36. The minimum absolute atomic E-state index is 0.103. The van der Waals surface area contributed by atoms with E-state index in [0.717, 1.165) is 16.9 Å². The number of carbonyl (C=O) groups is 1. The van der Waals surface area contributed by atoms with Crippen molar-refractivity contribution in [2.75, 3.05) is 7.11 Å². The molecular formula is C22H24N4O2. The molecule has 1 heterocycles. The van der Waals surface area contributed by atoms with Crippen LogP contribution in [0.4, 0.5) is 0 Å². The van der Waals surface area contributed by atoms with Crippen molar-refractivity contribution in [3.8, 4) is 17.0 Å². The monoisotopic (exact) mass is 376 g/mol. The molecule has 28 heavy (non-hydrogen) atoms. The second-order valence-corrected chi connectivity index (χ2v) is 7.47. The Morgan fingerprint density at radius 1 is 1.11 bits per heavy atom. The van der Waals surface area contributed by atoms with Crippen LogP contribution < -0.4 is 10.2 Å². The average Bonchev–Trinajstić information content (AvgIpc) is 3.18. The molecule has 144 valence electrons. The van der Waals surface area contributed by atoms with Crippen LogP contribution in [0.25, 0.3) is 11.3 Å². The van der Waals surface area contributed by atoms with Gasteiger partial charge in [0.2, 0.25) is 0 Å². The molecule has 0 saturated carbocycles. The van der Waals surface area contributed by atoms with Crippen molar-refractivity contribution in [1.29, 1.82) is 0 Å². The zero-order valence-corrected chi connectivity index (χ0v) is 16.5. The van der Waals surface area contributed by atoms with E-state index in [1.165, 1.54) is 5.56 Å². The lowest BCUT2D eigenvalue weighted by Gasteiger charge is -2.18. The molecule has 0 aliphatic heterocycles. The Kier molecular flexibility index (Phi) is 5.59. The third kappa shape index (κ3) is 4.65. The number of rotatable bonds is 5. The van der Waals surface area contributed by atoms with Crippen molar-refractivity contribution < 1.29 is 9.53 Å². The summed E-state index contributed by atoms with van der Waals surface area (Å²) in [6.45, 7) is 6.50. The highest BCUT2D eigenvalue weighted by molar-refractivity contribution is 5.94. The average molecular weight is 376 g/mol. The number of ether oxygens (including phenoxy) is 1. The lowest BCUT2D eigenvalue weighted by atomic mass is 9.87. The fourth-order valence-electron chi connectivity index (χ4n) is 2.64. The molecular weight excluding hydrogens is 352 g/mol. The van der Waals surface area contributed by atoms with Crippen molar-refractivity contribution in [3.63, 3.8) is 0 Å². The number of H-pyrrole nitrogens is 1. The molecule has 0 spiro atoms. The Hall–Kier alpha value is -3.41. The summed E-state index contributed by atoms with van der Waals surface area (Å²) < 4.78 is 5.14. The third-order valence-electron chi connectivity index (χ3n) is 4.36. The van der Waals surface area contributed by atoms with Crippen molar-refractivity contribution in [2.24, 2.45) is 5.10 Å². The van der Waals surface area contributed by atoms with Gasteiger partial charge in [-0.15, -0.1) is 0 Å². The highest BCUT2D eigenvalue weighted by atomic mass is 16.5. The van der Waals surface area contributed by atoms with Crippen LogP contribution in [0, 0.1) is 0 Å². The number of benzene rings is 2. The van der Waals surface area contributed by atoms with Gasteiger partial charge in [0.1, 0.15) is 11.4 Å². The first kappa shape index (κ1) is 19.4. The molecule has 1 amide bonds. The van der Waals surface area contributed by atoms with Gasteiger partial charge in [0.15, 0.2) is 0 Å². The summed E-state index contributed by atoms with van der Waals surface area (Å²) in [4.78, 5) is 12.2. The molecule has 0 unspecified atom stereocenters. The van der Waals surface area contributed by atoms with E-state index < -0.39 is 0 Å². The van der Waals surface area contributed by atoms with Gasteiger partial charge < -0.3 is 4.74 Å². The maximum Gasteiger partial charge on any atom is 0.289 e. The summed E-state index contributed by atoms with van der Waals surface area (Å²) in [5.74, 6) is 0.414. The molecule has 2 N–H and O–H groups in total. The molecule has 1 aromatic heterocycles. The molecule has 6 heteroatoms. The summed E-state index contributed by atoms with van der Waals surface area (Å²) in [6, 6.07) is 17.2. The van der Waals surface area contributed by atoms with Crippen LogP contribution in [0.1, 0.15) is 42.4 Å². The number of amides is 1. The summed E-state index contributed by atoms with van der Waals surface area (Å²) in [5.41, 5.74) is 6.68. The Balaban J connectivity index is 1.62. The Morgan fingerprint density at radius 3 is 2.39 bits per heavy atom. The molecule has 0 aliphatic rings. The number of aromatic nitrogens is 2. The van der Waals surface area contributed by atoms with Crippen LogP contribution in [0.3, 0.4) is 0 Å². The minimum atomic E-state index is -0.352. The number of hydrazone groups is 1. The van der Waals surface area contributed by atoms with E-state index in [1.807, 2.05) is 36.4 Å². The first-order valence-corrected chi connectivity index (χ1v) is 9.00. The second-order valence-electron chi connectivity index (χ2n) is 7.47. The van der Waals surface area contributed by atoms with Crippen LogP contribution in [0.5, 0.6) is 5.75 Å². The maximum atomic E-state index is 12.2. The van der Waals surface area contributed by atoms with Crippen LogP contribution >= 0.6 is 0 Å². The minimum Gasteiger partial charge on any atom is -0.497 e. The molecule has 3 rings (SSSR count). The Bertz CT molecular complexity index is 965. The molecule has 2 aromatic carbocycles. The number of aromatic amines is 1. The number of nitrogens with zero attached hydrogens (tertiary/aromatic N) is 2. The van der Waals surface area contributed by atoms with Crippen molar-refractivity contribution >= 4 is 12.1 Å². The van der Waals surface area contributed by atoms with Crippen molar-refractivity contribution in [1.82, 2.24) is 15.6 Å². The van der Waals surface area contributed by atoms with E-state index in [2.05, 4.69) is 53.6 Å². The first-order valence-electron chi connectivity index (χ1n) is 9.00. The lowest BCUT2D eigenvalue weighted by molar-refractivity contribution is 0.0950. The van der Waals surface area contributed by atoms with Crippen LogP contribution in [0.15, 0.2) is 59.7 Å². The van der Waals surface area contributed by atoms with Gasteiger partial charge in [-0.1, -0.05) is 45.0 Å². The molecule has 0 aliphatic carbocycles. The molecule has 6 nitrogen and oxygen atoms in total. The van der Waals surface area contributed by atoms with Crippen molar-refractivity contribution in [3.05, 3.63) is 71.4 Å². The van der Waals surface area contributed by atoms with E-state index in [1.54, 1.807) is 19.4 Å². The van der Waals surface area contributed by atoms with E-state index in [0.29, 0.717) is 11.4 Å². The maximum absolute atomic E-state index is 12.2. The molecule has 0 atom stereocenters. The first-order chi connectivity index (χ1) is 13.4. The van der Waals surface area contributed by atoms with Crippen LogP contribution in [-0.2, 0) is 5.41 Å². The summed E-state index contributed by atoms with van der Waals surface area (Å²) in [5, 5.41) is 10.9. The van der Waals surface area contributed by atoms with Gasteiger partial charge in [0.05, 0.1) is 19.0 Å². The second kappa shape index (κ2) is 8.08. The molecule has 3 aromatic rings. The zero-order valence-electron chi connectivity index (χ0n) is 16.5. The Morgan fingerprint density at radius 2 is 1.79 bits per heavy atom. The largest absolute Gasteiger partial charge is 0.497 e. The molecule has 0 saturated heterocycles. The normalized spacial score (nSPS) is 11.6. The summed E-state index contributed by atoms with van der Waals surface area (Å²) in [6.07, 6.45) is 1.62. The van der Waals surface area contributed by atoms with E-state index in [4.69, 9.17) is 4.74 Å². The van der Waals surface area contributed by atoms with Gasteiger partial charge in [-0.25, -0.2) is 5.43 Å². The van der Waals surface area contributed by atoms with Crippen LogP contribution in [0.2, 0.25) is 0 Å². The number of methoxy groups -OCH3 is 1. The topological polar surface area (TPSA) is 79.4 Å². The lowest BCUT2D eigenvalue weighted by Crippen LogP contribution is -2.18. The molecule has 0 fully saturated rings. The van der Waals surface area contributed by atoms with E-state index in [-0.39, 0.29) is 11.3 Å². The van der Waals surface area contributed by atoms with Gasteiger partial charge in [-0.05, 0) is 46.9 Å². The predicted octanol–water partition coefficient (Wildman–Crippen LogP) is 4.15. The fraction of sp³-hybridized carbons (Fsp3) is 0.227. The highest BCUT2D eigenvalue weighted by Gasteiger charge is 2.13. The number of carbonyl (C=O) groups excluding carboxylic acids is 1. The number of hydrogen-bond acceptors (Lipinski definition) is 4. The quantitative estimate of drug-likeness (QED) is 0.519. The smallest absolute Gasteiger partial charge is 0.289 e. The summed E-state index contributed by atoms with van der Waals surface area (Å²) >= 11 is 0. The SMILES string of the molecule is COc1ccc(-c2cc(C(=O)NN=Cc3ccc(C(C)(C)C)cc3)[nH]n2)cc1. The number of hydrogen-bond donors (Lipinski definition) is 2. The van der Waals surface area contributed by atoms with Gasteiger partial charge in [0.25, 0.3) is 5.91 Å². The molecule has 0 radical (unpaired) electrons. The van der Waals surface area contributed by atoms with E-state index >= 15 is 0 Å². The molecule has 0 bridgehead atoms. The van der Waals surface area contributed by atoms with E-state index in [9.17, 15) is 4.79 Å².